The molecule has 2 aromatic heterocycles. The van der Waals surface area contributed by atoms with Gasteiger partial charge in [0.25, 0.3) is 0 Å². The Bertz CT molecular complexity index is 531. The average Bonchev–Trinajstić information content (AvgIpc) is 2.55. The van der Waals surface area contributed by atoms with Crippen LogP contribution in [0.3, 0.4) is 0 Å². The smallest absolute Gasteiger partial charge is 0.171 e. The highest BCUT2D eigenvalue weighted by Crippen LogP contribution is 2.25. The van der Waals surface area contributed by atoms with Gasteiger partial charge in [0.1, 0.15) is 6.07 Å². The molecule has 70 valence electrons. The van der Waals surface area contributed by atoms with Crippen molar-refractivity contribution < 1.29 is 3.89 Å². The Morgan fingerprint density at radius 3 is 3.07 bits per heavy atom. The molecule has 0 aliphatic rings. The van der Waals surface area contributed by atoms with E-state index in [1.54, 1.807) is 12.3 Å². The summed E-state index contributed by atoms with van der Waals surface area (Å²) in [5, 5.41) is 9.44. The third kappa shape index (κ3) is 1.38. The van der Waals surface area contributed by atoms with Gasteiger partial charge in [-0.25, -0.2) is 8.96 Å². The first-order valence-electron chi connectivity index (χ1n) is 3.62. The first-order chi connectivity index (χ1) is 6.76. The Morgan fingerprint density at radius 1 is 1.64 bits per heavy atom. The van der Waals surface area contributed by atoms with Crippen LogP contribution >= 0.6 is 28.3 Å². The number of halogens is 2. The third-order valence-electron chi connectivity index (χ3n) is 1.77. The van der Waals surface area contributed by atoms with Crippen LogP contribution in [-0.4, -0.2) is 8.96 Å². The van der Waals surface area contributed by atoms with E-state index >= 15 is 0 Å². The number of nitriles is 1. The van der Waals surface area contributed by atoms with Crippen molar-refractivity contribution in [1.29, 1.82) is 5.26 Å². The second kappa shape index (κ2) is 3.59. The number of pyridine rings is 1. The summed E-state index contributed by atoms with van der Waals surface area (Å²) in [6, 6.07) is 3.73. The average molecular weight is 272 g/mol. The van der Waals surface area contributed by atoms with Crippen molar-refractivity contribution >= 4 is 39.3 Å². The SMILES string of the molecule is N#Cc1cn(SF)c2ncc(Br)cc12. The molecule has 0 saturated heterocycles. The van der Waals surface area contributed by atoms with E-state index in [-0.39, 0.29) is 12.3 Å². The molecule has 2 aromatic rings. The lowest BCUT2D eigenvalue weighted by molar-refractivity contribution is 0.919. The maximum Gasteiger partial charge on any atom is 0.171 e. The summed E-state index contributed by atoms with van der Waals surface area (Å²) < 4.78 is 14.4. The van der Waals surface area contributed by atoms with Gasteiger partial charge in [-0.2, -0.15) is 5.26 Å². The van der Waals surface area contributed by atoms with E-state index in [0.717, 1.165) is 4.47 Å². The molecule has 0 unspecified atom stereocenters. The van der Waals surface area contributed by atoms with Gasteiger partial charge in [0.05, 0.1) is 5.56 Å². The molecule has 0 N–H and O–H groups in total. The van der Waals surface area contributed by atoms with E-state index in [1.165, 1.54) is 10.2 Å². The Hall–Kier alpha value is -1.06. The minimum atomic E-state index is 0.0281. The summed E-state index contributed by atoms with van der Waals surface area (Å²) in [5.41, 5.74) is 0.871. The molecule has 2 heterocycles. The molecular weight excluding hydrogens is 269 g/mol. The van der Waals surface area contributed by atoms with Gasteiger partial charge in [-0.3, -0.25) is 0 Å². The lowest BCUT2D eigenvalue weighted by Crippen LogP contribution is -1.83. The van der Waals surface area contributed by atoms with Gasteiger partial charge in [-0.15, -0.1) is 3.89 Å². The van der Waals surface area contributed by atoms with E-state index in [9.17, 15) is 3.89 Å². The van der Waals surface area contributed by atoms with Crippen LogP contribution in [0.2, 0.25) is 0 Å². The second-order valence-electron chi connectivity index (χ2n) is 2.57. The zero-order valence-electron chi connectivity index (χ0n) is 6.74. The standard InChI is InChI=1S/C8H3BrFN3S/c9-6-1-7-5(2-11)4-13(14-10)8(7)12-3-6/h1,3-4H. The van der Waals surface area contributed by atoms with E-state index in [2.05, 4.69) is 20.9 Å². The highest BCUT2D eigenvalue weighted by molar-refractivity contribution is 9.10. The van der Waals surface area contributed by atoms with Crippen LogP contribution in [-0.2, 0) is 0 Å². The van der Waals surface area contributed by atoms with Crippen molar-refractivity contribution in [1.82, 2.24) is 8.96 Å². The number of hydrogen-bond donors (Lipinski definition) is 0. The number of hydrogen-bond acceptors (Lipinski definition) is 3. The zero-order chi connectivity index (χ0) is 10.1. The summed E-state index contributed by atoms with van der Waals surface area (Å²) in [4.78, 5) is 4.02. The van der Waals surface area contributed by atoms with Crippen LogP contribution in [0.5, 0.6) is 0 Å². The minimum absolute atomic E-state index is 0.0281. The van der Waals surface area contributed by atoms with Gasteiger partial charge >= 0.3 is 0 Å². The molecule has 0 saturated carbocycles. The van der Waals surface area contributed by atoms with Crippen molar-refractivity contribution in [2.75, 3.05) is 0 Å². The highest BCUT2D eigenvalue weighted by atomic mass is 79.9. The summed E-state index contributed by atoms with van der Waals surface area (Å²) >= 11 is 3.27. The zero-order valence-corrected chi connectivity index (χ0v) is 9.14. The van der Waals surface area contributed by atoms with Gasteiger partial charge in [0, 0.05) is 22.3 Å². The van der Waals surface area contributed by atoms with Crippen LogP contribution < -0.4 is 0 Å². The predicted octanol–water partition coefficient (Wildman–Crippen LogP) is 3.05. The van der Waals surface area contributed by atoms with Crippen LogP contribution in [0, 0.1) is 11.3 Å². The molecule has 2 rings (SSSR count). The van der Waals surface area contributed by atoms with Crippen LogP contribution in [0.1, 0.15) is 5.56 Å². The molecule has 0 radical (unpaired) electrons. The second-order valence-corrected chi connectivity index (χ2v) is 4.02. The molecule has 0 aromatic carbocycles. The van der Waals surface area contributed by atoms with E-state index in [1.807, 2.05) is 6.07 Å². The van der Waals surface area contributed by atoms with Crippen LogP contribution in [0.25, 0.3) is 11.0 Å². The van der Waals surface area contributed by atoms with Crippen LogP contribution in [0.15, 0.2) is 22.9 Å². The maximum absolute atomic E-state index is 12.4. The molecule has 0 aliphatic heterocycles. The van der Waals surface area contributed by atoms with Crippen molar-refractivity contribution in [2.24, 2.45) is 0 Å². The third-order valence-corrected chi connectivity index (χ3v) is 2.63. The summed E-state index contributed by atoms with van der Waals surface area (Å²) in [6.45, 7) is 0. The van der Waals surface area contributed by atoms with Gasteiger partial charge in [0.2, 0.25) is 0 Å². The first kappa shape index (κ1) is 9.49. The Labute approximate surface area is 92.1 Å². The van der Waals surface area contributed by atoms with Crippen molar-refractivity contribution in [3.63, 3.8) is 0 Å². The number of fused-ring (bicyclic) bond motifs is 1. The fourth-order valence-electron chi connectivity index (χ4n) is 1.20. The number of rotatable bonds is 1. The largest absolute Gasteiger partial charge is 0.246 e. The van der Waals surface area contributed by atoms with Gasteiger partial charge in [-0.1, -0.05) is 0 Å². The van der Waals surface area contributed by atoms with Crippen molar-refractivity contribution in [2.45, 2.75) is 0 Å². The summed E-state index contributed by atoms with van der Waals surface area (Å²) in [6.07, 6.45) is 2.99. The Morgan fingerprint density at radius 2 is 2.43 bits per heavy atom. The summed E-state index contributed by atoms with van der Waals surface area (Å²) in [7, 11) is 0. The molecule has 0 atom stereocenters. The van der Waals surface area contributed by atoms with Crippen molar-refractivity contribution in [3.8, 4) is 6.07 Å². The molecule has 0 bridgehead atoms. The fraction of sp³-hybridized carbons (Fsp3) is 0. The Kier molecular flexibility index (Phi) is 2.44. The molecule has 0 amide bonds. The van der Waals surface area contributed by atoms with Gasteiger partial charge in [-0.05, 0) is 22.0 Å². The summed E-state index contributed by atoms with van der Waals surface area (Å²) in [5.74, 6) is 0. The van der Waals surface area contributed by atoms with Gasteiger partial charge < -0.3 is 0 Å². The number of nitrogens with zero attached hydrogens (tertiary/aromatic N) is 3. The molecule has 0 spiro atoms. The molecule has 6 heteroatoms. The van der Waals surface area contributed by atoms with E-state index in [4.69, 9.17) is 5.26 Å². The van der Waals surface area contributed by atoms with Crippen LogP contribution in [0.4, 0.5) is 3.89 Å². The monoisotopic (exact) mass is 271 g/mol. The molecular formula is C8H3BrFN3S. The quantitative estimate of drug-likeness (QED) is 0.801. The molecule has 0 fully saturated rings. The normalized spacial score (nSPS) is 10.4. The molecule has 14 heavy (non-hydrogen) atoms. The fourth-order valence-corrected chi connectivity index (χ4v) is 1.88. The number of aromatic nitrogens is 2. The van der Waals surface area contributed by atoms with E-state index < -0.39 is 0 Å². The highest BCUT2D eigenvalue weighted by Gasteiger charge is 2.10. The minimum Gasteiger partial charge on any atom is -0.246 e. The topological polar surface area (TPSA) is 41.6 Å². The lowest BCUT2D eigenvalue weighted by Gasteiger charge is -1.94. The molecule has 3 nitrogen and oxygen atoms in total. The van der Waals surface area contributed by atoms with Crippen molar-refractivity contribution in [3.05, 3.63) is 28.5 Å². The van der Waals surface area contributed by atoms with E-state index in [0.29, 0.717) is 16.6 Å². The maximum atomic E-state index is 12.4. The lowest BCUT2D eigenvalue weighted by atomic mass is 10.2. The first-order valence-corrected chi connectivity index (χ1v) is 5.08. The molecule has 0 aliphatic carbocycles. The van der Waals surface area contributed by atoms with Gasteiger partial charge in [0.15, 0.2) is 18.0 Å². The Balaban J connectivity index is 2.84. The predicted molar refractivity (Wildman–Crippen MR) is 56.2 cm³/mol.